The van der Waals surface area contributed by atoms with E-state index in [2.05, 4.69) is 33.0 Å². The van der Waals surface area contributed by atoms with Gasteiger partial charge in [0.2, 0.25) is 0 Å². The molecular formula is C35H35F2N5O2. The average Bonchev–Trinajstić information content (AvgIpc) is 3.37. The smallest absolute Gasteiger partial charge is 0.319 e. The van der Waals surface area contributed by atoms with E-state index < -0.39 is 11.6 Å². The van der Waals surface area contributed by atoms with Crippen molar-refractivity contribution >= 4 is 27.5 Å². The molecule has 9 heteroatoms. The van der Waals surface area contributed by atoms with E-state index >= 15 is 4.39 Å². The van der Waals surface area contributed by atoms with Gasteiger partial charge in [0.05, 0.1) is 17.6 Å². The van der Waals surface area contributed by atoms with Crippen LogP contribution < -0.4 is 15.0 Å². The second-order valence-corrected chi connectivity index (χ2v) is 13.8. The monoisotopic (exact) mass is 595 g/mol. The first kappa shape index (κ1) is 27.5. The molecule has 0 radical (unpaired) electrons. The summed E-state index contributed by atoms with van der Waals surface area (Å²) in [5.41, 5.74) is 0.727. The lowest BCUT2D eigenvalue weighted by Crippen LogP contribution is -2.51. The van der Waals surface area contributed by atoms with Crippen LogP contribution in [0.5, 0.6) is 11.8 Å². The Kier molecular flexibility index (Phi) is 6.25. The van der Waals surface area contributed by atoms with E-state index in [1.165, 1.54) is 43.5 Å². The Bertz CT molecular complexity index is 1830. The third-order valence-electron chi connectivity index (χ3n) is 10.9. The maximum atomic E-state index is 16.8. The number of phenolic OH excluding ortho intramolecular Hbond substituents is 1. The van der Waals surface area contributed by atoms with Crippen molar-refractivity contribution in [1.29, 1.82) is 0 Å². The van der Waals surface area contributed by atoms with Gasteiger partial charge in [-0.3, -0.25) is 4.98 Å². The van der Waals surface area contributed by atoms with Gasteiger partial charge in [-0.2, -0.15) is 9.97 Å². The number of piperazine rings is 1. The van der Waals surface area contributed by atoms with Gasteiger partial charge in [0.1, 0.15) is 28.6 Å². The van der Waals surface area contributed by atoms with Gasteiger partial charge in [-0.05, 0) is 80.4 Å². The highest BCUT2D eigenvalue weighted by atomic mass is 19.1. The largest absolute Gasteiger partial charge is 0.508 e. The number of benzene rings is 2. The van der Waals surface area contributed by atoms with E-state index in [0.29, 0.717) is 46.1 Å². The Morgan fingerprint density at radius 3 is 2.50 bits per heavy atom. The highest BCUT2D eigenvalue weighted by Gasteiger charge is 2.46. The lowest BCUT2D eigenvalue weighted by atomic mass is 9.55. The van der Waals surface area contributed by atoms with Crippen LogP contribution in [0.2, 0.25) is 0 Å². The van der Waals surface area contributed by atoms with Crippen LogP contribution in [0.3, 0.4) is 0 Å². The fraction of sp³-hybridized carbons (Fsp3) is 0.457. The molecule has 2 aromatic heterocycles. The second kappa shape index (κ2) is 10.00. The topological polar surface area (TPSA) is 83.4 Å². The highest BCUT2D eigenvalue weighted by Crippen LogP contribution is 2.56. The SMILES string of the molecule is C#Cc1c(F)ccc2cc(O)cc(-c3ncc4c(N5C[C@H]6CC[C@@H](C5)N6)nc(OCC56CCC(C)(CC5)CC6)nc4c3F)c12. The zero-order valence-electron chi connectivity index (χ0n) is 24.8. The quantitative estimate of drug-likeness (QED) is 0.255. The maximum absolute atomic E-state index is 16.8. The van der Waals surface area contributed by atoms with E-state index in [1.807, 2.05) is 0 Å². The number of ether oxygens (including phenoxy) is 1. The van der Waals surface area contributed by atoms with Gasteiger partial charge in [-0.1, -0.05) is 18.9 Å². The first-order valence-electron chi connectivity index (χ1n) is 15.7. The number of nitrogens with zero attached hydrogens (tertiary/aromatic N) is 4. The fourth-order valence-electron chi connectivity index (χ4n) is 8.12. The van der Waals surface area contributed by atoms with E-state index in [1.54, 1.807) is 6.20 Å². The molecule has 7 nitrogen and oxygen atoms in total. The number of hydrogen-bond donors (Lipinski definition) is 2. The van der Waals surface area contributed by atoms with Crippen molar-refractivity contribution < 1.29 is 18.6 Å². The predicted molar refractivity (Wildman–Crippen MR) is 166 cm³/mol. The van der Waals surface area contributed by atoms with Gasteiger partial charge in [0.15, 0.2) is 5.82 Å². The summed E-state index contributed by atoms with van der Waals surface area (Å²) in [4.78, 5) is 16.2. The molecule has 5 fully saturated rings. The lowest BCUT2D eigenvalue weighted by Gasteiger charge is -2.51. The predicted octanol–water partition coefficient (Wildman–Crippen LogP) is 6.49. The van der Waals surface area contributed by atoms with Crippen LogP contribution in [0.25, 0.3) is 32.9 Å². The van der Waals surface area contributed by atoms with Crippen LogP contribution in [0.15, 0.2) is 30.5 Å². The van der Waals surface area contributed by atoms with E-state index in [0.717, 1.165) is 45.2 Å². The third-order valence-corrected chi connectivity index (χ3v) is 10.9. The van der Waals surface area contributed by atoms with Crippen LogP contribution >= 0.6 is 0 Å². The summed E-state index contributed by atoms with van der Waals surface area (Å²) >= 11 is 0. The lowest BCUT2D eigenvalue weighted by molar-refractivity contribution is -0.0282. The van der Waals surface area contributed by atoms with Crippen LogP contribution in [-0.2, 0) is 0 Å². The zero-order valence-corrected chi connectivity index (χ0v) is 24.8. The van der Waals surface area contributed by atoms with Crippen LogP contribution in [0.1, 0.15) is 63.9 Å². The molecule has 4 heterocycles. The Morgan fingerprint density at radius 1 is 1.07 bits per heavy atom. The van der Waals surface area contributed by atoms with Crippen molar-refractivity contribution in [3.63, 3.8) is 0 Å². The number of pyridine rings is 1. The first-order valence-corrected chi connectivity index (χ1v) is 15.7. The van der Waals surface area contributed by atoms with E-state index in [-0.39, 0.29) is 39.5 Å². The molecule has 2 atom stereocenters. The van der Waals surface area contributed by atoms with Gasteiger partial charge in [-0.15, -0.1) is 6.42 Å². The zero-order chi connectivity index (χ0) is 30.2. The molecular weight excluding hydrogens is 560 g/mol. The number of fused-ring (bicyclic) bond motifs is 7. The molecule has 4 aromatic rings. The molecule has 4 bridgehead atoms. The number of terminal acetylenes is 1. The van der Waals surface area contributed by atoms with Crippen LogP contribution in [0, 0.1) is 34.8 Å². The van der Waals surface area contributed by atoms with Crippen molar-refractivity contribution in [3.8, 4) is 35.4 Å². The molecule has 5 aliphatic rings. The summed E-state index contributed by atoms with van der Waals surface area (Å²) in [6, 6.07) is 6.43. The number of halogens is 2. The Hall–Kier alpha value is -4.03. The number of anilines is 1. The summed E-state index contributed by atoms with van der Waals surface area (Å²) in [6.07, 6.45) is 16.4. The summed E-state index contributed by atoms with van der Waals surface area (Å²) < 4.78 is 37.9. The number of aromatic nitrogens is 3. The Labute approximate surface area is 255 Å². The van der Waals surface area contributed by atoms with Crippen molar-refractivity contribution in [2.45, 2.75) is 70.4 Å². The van der Waals surface area contributed by atoms with Crippen LogP contribution in [-0.4, -0.2) is 51.8 Å². The van der Waals surface area contributed by atoms with E-state index in [4.69, 9.17) is 16.1 Å². The summed E-state index contributed by atoms with van der Waals surface area (Å²) in [5.74, 6) is 1.59. The standard InChI is InChI=1S/C35H35F2N5O2/c1-3-24-27(36)7-4-20-14-23(43)15-25(28(20)24)30-29(37)31-26(16-38-30)32(42-17-21-5-6-22(18-42)39-21)41-33(40-31)44-19-35-11-8-34(2,9-12-35)10-13-35/h1,4,7,14-16,21-22,39,43H,5-6,8-13,17-19H2,2H3/t21-,22+,34?,35?. The molecule has 2 saturated heterocycles. The van der Waals surface area contributed by atoms with Crippen molar-refractivity contribution in [3.05, 3.63) is 47.7 Å². The van der Waals surface area contributed by atoms with Crippen molar-refractivity contribution in [1.82, 2.24) is 20.3 Å². The molecule has 2 aromatic carbocycles. The molecule has 226 valence electrons. The highest BCUT2D eigenvalue weighted by molar-refractivity contribution is 6.03. The summed E-state index contributed by atoms with van der Waals surface area (Å²) in [5, 5.41) is 15.4. The minimum absolute atomic E-state index is 0.0159. The van der Waals surface area contributed by atoms with Crippen molar-refractivity contribution in [2.75, 3.05) is 24.6 Å². The molecule has 2 aliphatic heterocycles. The second-order valence-electron chi connectivity index (χ2n) is 13.8. The normalized spacial score (nSPS) is 27.6. The molecule has 2 N–H and O–H groups in total. The minimum Gasteiger partial charge on any atom is -0.508 e. The number of hydrogen-bond acceptors (Lipinski definition) is 7. The Balaban J connectivity index is 1.26. The molecule has 3 saturated carbocycles. The number of nitrogens with one attached hydrogen (secondary N) is 1. The molecule has 0 amide bonds. The Morgan fingerprint density at radius 2 is 1.80 bits per heavy atom. The van der Waals surface area contributed by atoms with Crippen LogP contribution in [0.4, 0.5) is 14.6 Å². The van der Waals surface area contributed by atoms with Gasteiger partial charge in [0, 0.05) is 47.7 Å². The molecule has 9 rings (SSSR count). The first-order chi connectivity index (χ1) is 21.2. The van der Waals surface area contributed by atoms with Gasteiger partial charge in [0.25, 0.3) is 0 Å². The van der Waals surface area contributed by atoms with Crippen molar-refractivity contribution in [2.24, 2.45) is 10.8 Å². The van der Waals surface area contributed by atoms with Gasteiger partial charge < -0.3 is 20.1 Å². The molecule has 0 unspecified atom stereocenters. The number of phenols is 1. The summed E-state index contributed by atoms with van der Waals surface area (Å²) in [7, 11) is 0. The number of aromatic hydroxyl groups is 1. The average molecular weight is 596 g/mol. The van der Waals surface area contributed by atoms with Gasteiger partial charge >= 0.3 is 6.01 Å². The maximum Gasteiger partial charge on any atom is 0.319 e. The minimum atomic E-state index is -0.697. The fourth-order valence-corrected chi connectivity index (χ4v) is 8.12. The number of rotatable bonds is 5. The molecule has 0 spiro atoms. The van der Waals surface area contributed by atoms with E-state index in [9.17, 15) is 9.50 Å². The van der Waals surface area contributed by atoms with Gasteiger partial charge in [-0.25, -0.2) is 8.78 Å². The summed E-state index contributed by atoms with van der Waals surface area (Å²) in [6.45, 7) is 4.38. The molecule has 3 aliphatic carbocycles. The molecule has 44 heavy (non-hydrogen) atoms. The third kappa shape index (κ3) is 4.45.